The summed E-state index contributed by atoms with van der Waals surface area (Å²) in [5, 5.41) is 10.9. The number of carbonyl (C=O) groups is 4. The minimum Gasteiger partial charge on any atom is -0.457 e. The van der Waals surface area contributed by atoms with E-state index in [1.54, 1.807) is 37.3 Å². The molecule has 2 aromatic carbocycles. The lowest BCUT2D eigenvalue weighted by Gasteiger charge is -2.07. The number of aryl methyl sites for hydroxylation is 1. The second kappa shape index (κ2) is 11.2. The predicted octanol–water partition coefficient (Wildman–Crippen LogP) is 2.26. The van der Waals surface area contributed by atoms with Crippen molar-refractivity contribution < 1.29 is 28.8 Å². The van der Waals surface area contributed by atoms with Gasteiger partial charge < -0.3 is 4.74 Å². The maximum absolute atomic E-state index is 12.1. The summed E-state index contributed by atoms with van der Waals surface area (Å²) in [5.74, 6) is -2.21. The number of carbonyl (C=O) groups excluding carboxylic acids is 4. The number of nitrogens with zero attached hydrogens (tertiary/aromatic N) is 1. The molecular formula is C21H21N3O7. The van der Waals surface area contributed by atoms with Gasteiger partial charge in [0.25, 0.3) is 11.6 Å². The molecule has 0 unspecified atom stereocenters. The van der Waals surface area contributed by atoms with Gasteiger partial charge in [-0.2, -0.15) is 0 Å². The number of nitro groups is 1. The Balaban J connectivity index is 1.68. The number of amides is 2. The van der Waals surface area contributed by atoms with Crippen LogP contribution in [0.1, 0.15) is 45.5 Å². The Hall–Kier alpha value is -4.08. The predicted molar refractivity (Wildman–Crippen MR) is 109 cm³/mol. The molecule has 10 heteroatoms. The molecule has 2 amide bonds. The van der Waals surface area contributed by atoms with Crippen LogP contribution in [0.15, 0.2) is 48.5 Å². The summed E-state index contributed by atoms with van der Waals surface area (Å²) in [5.41, 5.74) is 5.18. The van der Waals surface area contributed by atoms with Crippen molar-refractivity contribution in [2.24, 2.45) is 0 Å². The van der Waals surface area contributed by atoms with Gasteiger partial charge in [-0.25, -0.2) is 0 Å². The van der Waals surface area contributed by atoms with Gasteiger partial charge in [0.1, 0.15) is 0 Å². The Labute approximate surface area is 177 Å². The Morgan fingerprint density at radius 1 is 0.968 bits per heavy atom. The minimum atomic E-state index is -0.684. The normalized spacial score (nSPS) is 10.1. The number of ether oxygens (including phenoxy) is 1. The summed E-state index contributed by atoms with van der Waals surface area (Å²) in [6.07, 6.45) is -0.000279. The van der Waals surface area contributed by atoms with Crippen molar-refractivity contribution in [1.82, 2.24) is 10.9 Å². The third-order valence-electron chi connectivity index (χ3n) is 4.23. The lowest BCUT2D eigenvalue weighted by molar-refractivity contribution is -0.385. The zero-order valence-electron chi connectivity index (χ0n) is 16.8. The number of hydrogen-bond donors (Lipinski definition) is 2. The Bertz CT molecular complexity index is 990. The molecule has 10 nitrogen and oxygen atoms in total. The molecule has 0 aromatic heterocycles. The van der Waals surface area contributed by atoms with E-state index in [2.05, 4.69) is 10.9 Å². The molecule has 31 heavy (non-hydrogen) atoms. The standard InChI is InChI=1S/C21H21N3O7/c1-14-10-11-16(12-17(14)24(29)30)18(25)13-31-20(27)9-5-8-19(26)22-23-21(28)15-6-3-2-4-7-15/h2-4,6-7,10-12H,5,8-9,13H2,1H3,(H,22,26)(H,23,28). The van der Waals surface area contributed by atoms with Crippen molar-refractivity contribution in [3.05, 3.63) is 75.3 Å². The number of benzene rings is 2. The minimum absolute atomic E-state index is 0.0394. The summed E-state index contributed by atoms with van der Waals surface area (Å²) in [4.78, 5) is 57.7. The summed E-state index contributed by atoms with van der Waals surface area (Å²) in [6, 6.07) is 12.3. The topological polar surface area (TPSA) is 145 Å². The van der Waals surface area contributed by atoms with Crippen molar-refractivity contribution in [1.29, 1.82) is 0 Å². The molecule has 0 saturated heterocycles. The highest BCUT2D eigenvalue weighted by molar-refractivity contribution is 5.98. The Morgan fingerprint density at radius 2 is 1.68 bits per heavy atom. The lowest BCUT2D eigenvalue weighted by atomic mass is 10.1. The van der Waals surface area contributed by atoms with Crippen molar-refractivity contribution in [2.75, 3.05) is 6.61 Å². The number of Topliss-reactive ketones (excluding diaryl/α,β-unsaturated/α-hetero) is 1. The second-order valence-corrected chi connectivity index (χ2v) is 6.56. The first-order valence-corrected chi connectivity index (χ1v) is 9.36. The second-order valence-electron chi connectivity index (χ2n) is 6.56. The average molecular weight is 427 g/mol. The number of nitrogens with one attached hydrogen (secondary N) is 2. The van der Waals surface area contributed by atoms with Gasteiger partial charge in [-0.3, -0.25) is 40.1 Å². The van der Waals surface area contributed by atoms with Crippen LogP contribution in [0.5, 0.6) is 0 Å². The van der Waals surface area contributed by atoms with E-state index in [-0.39, 0.29) is 30.5 Å². The molecule has 2 rings (SSSR count). The van der Waals surface area contributed by atoms with Gasteiger partial charge in [0, 0.05) is 35.6 Å². The zero-order valence-corrected chi connectivity index (χ0v) is 16.8. The fraction of sp³-hybridized carbons (Fsp3) is 0.238. The third-order valence-corrected chi connectivity index (χ3v) is 4.23. The summed E-state index contributed by atoms with van der Waals surface area (Å²) < 4.78 is 4.87. The molecule has 2 aromatic rings. The van der Waals surface area contributed by atoms with Crippen molar-refractivity contribution >= 4 is 29.3 Å². The van der Waals surface area contributed by atoms with E-state index in [1.165, 1.54) is 12.1 Å². The number of hydrogen-bond acceptors (Lipinski definition) is 7. The quantitative estimate of drug-likeness (QED) is 0.270. The van der Waals surface area contributed by atoms with Gasteiger partial charge in [-0.1, -0.05) is 30.3 Å². The highest BCUT2D eigenvalue weighted by Crippen LogP contribution is 2.19. The average Bonchev–Trinajstić information content (AvgIpc) is 2.76. The maximum atomic E-state index is 12.1. The van der Waals surface area contributed by atoms with Crippen LogP contribution in [0.2, 0.25) is 0 Å². The van der Waals surface area contributed by atoms with E-state index in [0.717, 1.165) is 6.07 Å². The van der Waals surface area contributed by atoms with Crippen LogP contribution in [0.3, 0.4) is 0 Å². The molecule has 0 heterocycles. The SMILES string of the molecule is Cc1ccc(C(=O)COC(=O)CCCC(=O)NNC(=O)c2ccccc2)cc1[N+](=O)[O-]. The molecule has 0 fully saturated rings. The largest absolute Gasteiger partial charge is 0.457 e. The smallest absolute Gasteiger partial charge is 0.306 e. The van der Waals surface area contributed by atoms with Crippen LogP contribution < -0.4 is 10.9 Å². The molecule has 0 bridgehead atoms. The first kappa shape index (κ1) is 23.2. The monoisotopic (exact) mass is 427 g/mol. The van der Waals surface area contributed by atoms with Crippen LogP contribution in [-0.4, -0.2) is 35.1 Å². The number of rotatable bonds is 9. The summed E-state index contributed by atoms with van der Waals surface area (Å²) >= 11 is 0. The molecule has 0 saturated carbocycles. The molecule has 162 valence electrons. The fourth-order valence-electron chi connectivity index (χ4n) is 2.53. The number of nitro benzene ring substituents is 1. The molecule has 0 spiro atoms. The van der Waals surface area contributed by atoms with Gasteiger partial charge in [0.15, 0.2) is 6.61 Å². The molecule has 0 aliphatic heterocycles. The van der Waals surface area contributed by atoms with Crippen LogP contribution in [0, 0.1) is 17.0 Å². The van der Waals surface area contributed by atoms with E-state index >= 15 is 0 Å². The van der Waals surface area contributed by atoms with Gasteiger partial charge in [0.05, 0.1) is 4.92 Å². The molecule has 2 N–H and O–H groups in total. The van der Waals surface area contributed by atoms with E-state index in [0.29, 0.717) is 11.1 Å². The Kier molecular flexibility index (Phi) is 8.38. The summed E-state index contributed by atoms with van der Waals surface area (Å²) in [7, 11) is 0. The van der Waals surface area contributed by atoms with Crippen LogP contribution >= 0.6 is 0 Å². The molecule has 0 atom stereocenters. The van der Waals surface area contributed by atoms with E-state index in [4.69, 9.17) is 4.74 Å². The zero-order chi connectivity index (χ0) is 22.8. The van der Waals surface area contributed by atoms with E-state index < -0.39 is 35.1 Å². The van der Waals surface area contributed by atoms with Crippen LogP contribution in [0.4, 0.5) is 5.69 Å². The van der Waals surface area contributed by atoms with Gasteiger partial charge in [0.2, 0.25) is 11.7 Å². The van der Waals surface area contributed by atoms with Crippen molar-refractivity contribution in [3.63, 3.8) is 0 Å². The number of esters is 1. The van der Waals surface area contributed by atoms with Gasteiger partial charge in [-0.15, -0.1) is 0 Å². The van der Waals surface area contributed by atoms with E-state index in [9.17, 15) is 29.3 Å². The molecule has 0 radical (unpaired) electrons. The van der Waals surface area contributed by atoms with Crippen molar-refractivity contribution in [3.8, 4) is 0 Å². The highest BCUT2D eigenvalue weighted by atomic mass is 16.6. The van der Waals surface area contributed by atoms with Gasteiger partial charge in [-0.05, 0) is 25.5 Å². The Morgan fingerprint density at radius 3 is 2.35 bits per heavy atom. The first-order valence-electron chi connectivity index (χ1n) is 9.36. The van der Waals surface area contributed by atoms with Crippen LogP contribution in [-0.2, 0) is 14.3 Å². The maximum Gasteiger partial charge on any atom is 0.306 e. The fourth-order valence-corrected chi connectivity index (χ4v) is 2.53. The van der Waals surface area contributed by atoms with Gasteiger partial charge >= 0.3 is 5.97 Å². The highest BCUT2D eigenvalue weighted by Gasteiger charge is 2.16. The number of ketones is 1. The molecule has 0 aliphatic carbocycles. The first-order chi connectivity index (χ1) is 14.8. The van der Waals surface area contributed by atoms with E-state index in [1.807, 2.05) is 0 Å². The molecular weight excluding hydrogens is 406 g/mol. The van der Waals surface area contributed by atoms with Crippen molar-refractivity contribution in [2.45, 2.75) is 26.2 Å². The molecule has 0 aliphatic rings. The number of hydrazine groups is 1. The summed E-state index contributed by atoms with van der Waals surface area (Å²) in [6.45, 7) is 0.994. The van der Waals surface area contributed by atoms with Crippen LogP contribution in [0.25, 0.3) is 0 Å². The third kappa shape index (κ3) is 7.35. The lowest BCUT2D eigenvalue weighted by Crippen LogP contribution is -2.41.